The molecule has 1 aliphatic carbocycles. The molecule has 0 bridgehead atoms. The zero-order valence-corrected chi connectivity index (χ0v) is 25.0. The monoisotopic (exact) mass is 584 g/mol. The van der Waals surface area contributed by atoms with Gasteiger partial charge in [-0.3, -0.25) is 19.3 Å². The number of Topliss-reactive ketones (excluding diaryl/α,β-unsaturated/α-hetero) is 1. The molecule has 0 spiro atoms. The second-order valence-electron chi connectivity index (χ2n) is 12.8. The topological polar surface area (TPSA) is 88.3 Å². The van der Waals surface area contributed by atoms with Gasteiger partial charge in [0, 0.05) is 24.5 Å². The molecule has 2 aromatic heterocycles. The van der Waals surface area contributed by atoms with Crippen molar-refractivity contribution in [3.05, 3.63) is 46.0 Å². The quantitative estimate of drug-likeness (QED) is 0.352. The Balaban J connectivity index is 2.02. The van der Waals surface area contributed by atoms with E-state index in [-0.39, 0.29) is 23.0 Å². The van der Waals surface area contributed by atoms with Gasteiger partial charge in [0.05, 0.1) is 35.5 Å². The average Bonchev–Trinajstić information content (AvgIpc) is 3.27. The van der Waals surface area contributed by atoms with Crippen LogP contribution < -0.4 is 0 Å². The molecule has 3 atom stereocenters. The Kier molecular flexibility index (Phi) is 9.46. The second kappa shape index (κ2) is 11.8. The first-order valence-corrected chi connectivity index (χ1v) is 14.0. The van der Waals surface area contributed by atoms with Gasteiger partial charge >= 0.3 is 6.18 Å². The van der Waals surface area contributed by atoms with Gasteiger partial charge in [-0.1, -0.05) is 53.1 Å². The van der Waals surface area contributed by atoms with Gasteiger partial charge < -0.3 is 10.0 Å². The lowest BCUT2D eigenvalue weighted by Crippen LogP contribution is -2.42. The predicted octanol–water partition coefficient (Wildman–Crippen LogP) is 6.63. The van der Waals surface area contributed by atoms with E-state index < -0.39 is 58.6 Å². The minimum Gasteiger partial charge on any atom is -0.393 e. The van der Waals surface area contributed by atoms with E-state index in [4.69, 9.17) is 11.6 Å². The average molecular weight is 585 g/mol. The Morgan fingerprint density at radius 2 is 1.85 bits per heavy atom. The fourth-order valence-corrected chi connectivity index (χ4v) is 6.34. The molecule has 2 aromatic rings. The first-order chi connectivity index (χ1) is 18.4. The number of alkyl halides is 3. The number of hydrogen-bond donors (Lipinski definition) is 1. The first-order valence-electron chi connectivity index (χ1n) is 13.6. The third-order valence-corrected chi connectivity index (χ3v) is 8.01. The second-order valence-corrected chi connectivity index (χ2v) is 13.2. The van der Waals surface area contributed by atoms with E-state index in [1.165, 1.54) is 12.4 Å². The molecule has 0 aliphatic heterocycles. The minimum absolute atomic E-state index is 0.0384. The van der Waals surface area contributed by atoms with E-state index in [1.807, 2.05) is 41.5 Å². The van der Waals surface area contributed by atoms with Gasteiger partial charge in [-0.05, 0) is 54.9 Å². The van der Waals surface area contributed by atoms with Gasteiger partial charge in [0.1, 0.15) is 0 Å². The number of nitrogens with zero attached hydrogens (tertiary/aromatic N) is 4. The molecule has 1 amide bonds. The van der Waals surface area contributed by atoms with Crippen LogP contribution in [0.1, 0.15) is 106 Å². The van der Waals surface area contributed by atoms with Crippen LogP contribution in [0, 0.1) is 16.7 Å². The van der Waals surface area contributed by atoms with Crippen LogP contribution in [0.5, 0.6) is 0 Å². The van der Waals surface area contributed by atoms with Gasteiger partial charge in [-0.15, -0.1) is 0 Å². The van der Waals surface area contributed by atoms with Gasteiger partial charge in [-0.2, -0.15) is 18.3 Å². The summed E-state index contributed by atoms with van der Waals surface area (Å²) in [7, 11) is 0. The van der Waals surface area contributed by atoms with E-state index in [0.717, 1.165) is 15.8 Å². The SMILES string of the molecule is CCc1cncc(Cl)c1C(=O)CN(CC(C)(C)C)C(=O)c1cnn(C2CC[C@H](C(C)O)C(C)(C)C2)c1C(F)(F)F. The molecule has 222 valence electrons. The van der Waals surface area contributed by atoms with Gasteiger partial charge in [-0.25, -0.2) is 0 Å². The number of aliphatic hydroxyl groups excluding tert-OH is 1. The van der Waals surface area contributed by atoms with Crippen LogP contribution in [0.15, 0.2) is 18.6 Å². The number of carbonyl (C=O) groups excluding carboxylic acids is 2. The third-order valence-electron chi connectivity index (χ3n) is 7.72. The summed E-state index contributed by atoms with van der Waals surface area (Å²) in [6.45, 7) is 12.5. The molecule has 0 aromatic carbocycles. The Morgan fingerprint density at radius 3 is 2.38 bits per heavy atom. The summed E-state index contributed by atoms with van der Waals surface area (Å²) in [5, 5.41) is 14.4. The molecule has 1 fully saturated rings. The number of rotatable bonds is 8. The van der Waals surface area contributed by atoms with E-state index in [0.29, 0.717) is 31.2 Å². The molecule has 0 saturated heterocycles. The Morgan fingerprint density at radius 1 is 1.20 bits per heavy atom. The van der Waals surface area contributed by atoms with E-state index in [1.54, 1.807) is 6.92 Å². The number of halogens is 4. The maximum Gasteiger partial charge on any atom is 0.433 e. The molecule has 2 heterocycles. The summed E-state index contributed by atoms with van der Waals surface area (Å²) in [4.78, 5) is 32.4. The predicted molar refractivity (Wildman–Crippen MR) is 147 cm³/mol. The molecule has 2 unspecified atom stereocenters. The number of carbonyl (C=O) groups is 2. The normalized spacial score (nSPS) is 20.3. The molecule has 0 radical (unpaired) electrons. The number of aliphatic hydroxyl groups is 1. The lowest BCUT2D eigenvalue weighted by molar-refractivity contribution is -0.146. The van der Waals surface area contributed by atoms with Crippen molar-refractivity contribution in [2.24, 2.45) is 16.7 Å². The van der Waals surface area contributed by atoms with Crippen LogP contribution in [0.2, 0.25) is 5.02 Å². The van der Waals surface area contributed by atoms with Crippen molar-refractivity contribution in [2.45, 2.75) is 92.5 Å². The molecule has 1 N–H and O–H groups in total. The fraction of sp³-hybridized carbons (Fsp3) is 0.655. The summed E-state index contributed by atoms with van der Waals surface area (Å²) in [6, 6.07) is -0.594. The van der Waals surface area contributed by atoms with Gasteiger partial charge in [0.25, 0.3) is 5.91 Å². The van der Waals surface area contributed by atoms with Crippen LogP contribution in [0.4, 0.5) is 13.2 Å². The number of ketones is 1. The van der Waals surface area contributed by atoms with E-state index >= 15 is 0 Å². The summed E-state index contributed by atoms with van der Waals surface area (Å²) < 4.78 is 44.6. The van der Waals surface area contributed by atoms with Crippen LogP contribution >= 0.6 is 11.6 Å². The number of hydrogen-bond acceptors (Lipinski definition) is 5. The van der Waals surface area contributed by atoms with Crippen LogP contribution in [-0.4, -0.2) is 55.7 Å². The minimum atomic E-state index is -4.85. The number of amides is 1. The van der Waals surface area contributed by atoms with Gasteiger partial charge in [0.2, 0.25) is 0 Å². The van der Waals surface area contributed by atoms with E-state index in [2.05, 4.69) is 10.1 Å². The molecule has 7 nitrogen and oxygen atoms in total. The van der Waals surface area contributed by atoms with E-state index in [9.17, 15) is 27.9 Å². The van der Waals surface area contributed by atoms with Crippen molar-refractivity contribution >= 4 is 23.3 Å². The molecular formula is C29H40ClF3N4O3. The largest absolute Gasteiger partial charge is 0.433 e. The zero-order valence-electron chi connectivity index (χ0n) is 24.3. The fourth-order valence-electron chi connectivity index (χ4n) is 6.05. The lowest BCUT2D eigenvalue weighted by atomic mass is 9.65. The maximum atomic E-state index is 14.6. The Bertz CT molecular complexity index is 1230. The first kappa shape index (κ1) is 32.1. The van der Waals surface area contributed by atoms with Crippen molar-refractivity contribution in [2.75, 3.05) is 13.1 Å². The number of aromatic nitrogens is 3. The van der Waals surface area contributed by atoms with Crippen molar-refractivity contribution in [3.8, 4) is 0 Å². The van der Waals surface area contributed by atoms with Crippen LogP contribution in [0.25, 0.3) is 0 Å². The highest BCUT2D eigenvalue weighted by Gasteiger charge is 2.46. The highest BCUT2D eigenvalue weighted by Crippen LogP contribution is 2.48. The van der Waals surface area contributed by atoms with Gasteiger partial charge in [0.15, 0.2) is 11.5 Å². The van der Waals surface area contributed by atoms with Crippen LogP contribution in [-0.2, 0) is 12.6 Å². The highest BCUT2D eigenvalue weighted by molar-refractivity contribution is 6.34. The molecule has 40 heavy (non-hydrogen) atoms. The standard InChI is InChI=1S/C29H40ClF3N4O3/c1-8-18-12-34-14-22(30)24(18)23(39)15-36(16-27(3,4)5)26(40)20-13-35-37(25(20)29(31,32)33)19-9-10-21(17(2)38)28(6,7)11-19/h12-14,17,19,21,38H,8-11,15-16H2,1-7H3/t17?,19?,21-/m1/s1. The molecule has 11 heteroatoms. The summed E-state index contributed by atoms with van der Waals surface area (Å²) in [5.74, 6) is -1.45. The zero-order chi connectivity index (χ0) is 30.2. The van der Waals surface area contributed by atoms with Crippen molar-refractivity contribution in [3.63, 3.8) is 0 Å². The third kappa shape index (κ3) is 7.05. The molecule has 3 rings (SSSR count). The molecule has 1 saturated carbocycles. The summed E-state index contributed by atoms with van der Waals surface area (Å²) >= 11 is 6.28. The summed E-state index contributed by atoms with van der Waals surface area (Å²) in [6.07, 6.45) is 0.154. The Hall–Kier alpha value is -2.46. The summed E-state index contributed by atoms with van der Waals surface area (Å²) in [5.41, 5.74) is -1.83. The van der Waals surface area contributed by atoms with Crippen molar-refractivity contribution in [1.29, 1.82) is 0 Å². The number of aryl methyl sites for hydroxylation is 1. The number of pyridine rings is 1. The maximum absolute atomic E-state index is 14.6. The molecule has 1 aliphatic rings. The van der Waals surface area contributed by atoms with Crippen molar-refractivity contribution < 1.29 is 27.9 Å². The highest BCUT2D eigenvalue weighted by atomic mass is 35.5. The lowest BCUT2D eigenvalue weighted by Gasteiger charge is -2.44. The Labute approximate surface area is 239 Å². The molecular weight excluding hydrogens is 545 g/mol. The van der Waals surface area contributed by atoms with Crippen LogP contribution in [0.3, 0.4) is 0 Å². The smallest absolute Gasteiger partial charge is 0.393 e. The van der Waals surface area contributed by atoms with Crippen molar-refractivity contribution in [1.82, 2.24) is 19.7 Å².